The fourth-order valence-electron chi connectivity index (χ4n) is 6.26. The minimum absolute atomic E-state index is 0. The summed E-state index contributed by atoms with van der Waals surface area (Å²) in [5.41, 5.74) is 10.8. The summed E-state index contributed by atoms with van der Waals surface area (Å²) in [4.78, 5) is 0. The van der Waals surface area contributed by atoms with E-state index < -0.39 is 0 Å². The van der Waals surface area contributed by atoms with Crippen LogP contribution in [-0.4, -0.2) is 9.13 Å². The van der Waals surface area contributed by atoms with E-state index in [1.54, 1.807) is 0 Å². The molecule has 0 saturated carbocycles. The van der Waals surface area contributed by atoms with Gasteiger partial charge in [0.1, 0.15) is 0 Å². The van der Waals surface area contributed by atoms with Crippen LogP contribution in [0, 0.1) is 38.4 Å². The van der Waals surface area contributed by atoms with Crippen LogP contribution in [0.5, 0.6) is 11.5 Å². The molecule has 0 unspecified atom stereocenters. The topological polar surface area (TPSA) is 23.0 Å². The molecule has 0 saturated heterocycles. The summed E-state index contributed by atoms with van der Waals surface area (Å²) in [7, 11) is 0. The molecule has 0 aliphatic rings. The normalized spacial score (nSPS) is 11.7. The zero-order chi connectivity index (χ0) is 32.3. The minimum atomic E-state index is 0. The molecule has 8 rings (SSSR count). The third-order valence-corrected chi connectivity index (χ3v) is 8.96. The second-order valence-corrected chi connectivity index (χ2v) is 13.2. The van der Waals surface area contributed by atoms with Crippen molar-refractivity contribution in [3.8, 4) is 28.6 Å². The maximum Gasteiger partial charge on any atom is 4.00 e. The Morgan fingerprint density at radius 2 is 1.42 bits per heavy atom. The van der Waals surface area contributed by atoms with Crippen molar-refractivity contribution < 1.29 is 30.4 Å². The van der Waals surface area contributed by atoms with Gasteiger partial charge in [0.15, 0.2) is 0 Å². The van der Waals surface area contributed by atoms with E-state index in [0.717, 1.165) is 44.5 Å². The molecule has 0 atom stereocenters. The van der Waals surface area contributed by atoms with Crippen LogP contribution in [0.3, 0.4) is 0 Å². The Balaban J connectivity index is 0.00000364. The summed E-state index contributed by atoms with van der Waals surface area (Å²) in [6.07, 6.45) is 3.60. The monoisotopic (exact) mass is 803 g/mol. The van der Waals surface area contributed by atoms with Gasteiger partial charge in [-0.2, -0.15) is 41.5 Å². The summed E-state index contributed by atoms with van der Waals surface area (Å²) >= 11 is 0. The fourth-order valence-corrected chi connectivity index (χ4v) is 6.26. The van der Waals surface area contributed by atoms with Crippen molar-refractivity contribution in [3.05, 3.63) is 156 Å². The third-order valence-electron chi connectivity index (χ3n) is 8.96. The number of rotatable bonds is 5. The summed E-state index contributed by atoms with van der Waals surface area (Å²) in [5, 5.41) is 2.28. The van der Waals surface area contributed by atoms with Gasteiger partial charge in [0.05, 0.1) is 16.7 Å². The number of fused-ring (bicyclic) bond motifs is 4. The van der Waals surface area contributed by atoms with Gasteiger partial charge in [0, 0.05) is 17.0 Å². The first-order valence-electron chi connectivity index (χ1n) is 16.0. The Labute approximate surface area is 296 Å². The van der Waals surface area contributed by atoms with Gasteiger partial charge in [-0.25, -0.2) is 0 Å². The number of imidazole rings is 1. The Kier molecular flexibility index (Phi) is 8.09. The van der Waals surface area contributed by atoms with Crippen LogP contribution in [0.25, 0.3) is 49.9 Å². The summed E-state index contributed by atoms with van der Waals surface area (Å²) in [6.45, 7) is 11.0. The Morgan fingerprint density at radius 1 is 0.667 bits per heavy atom. The van der Waals surface area contributed by atoms with Gasteiger partial charge in [0.2, 0.25) is 0 Å². The molecule has 48 heavy (non-hydrogen) atoms. The number of hydrogen-bond donors (Lipinski definition) is 0. The Hall–Kier alpha value is -4.92. The molecule has 8 aromatic rings. The van der Waals surface area contributed by atoms with Crippen molar-refractivity contribution in [2.45, 2.75) is 40.0 Å². The average molecular weight is 804 g/mol. The van der Waals surface area contributed by atoms with E-state index in [1.807, 2.05) is 28.8 Å². The van der Waals surface area contributed by atoms with E-state index >= 15 is 0 Å². The average Bonchev–Trinajstić information content (AvgIpc) is 3.62. The molecular weight excluding hydrogens is 770 g/mol. The molecular formula is C43H34N3OPt+. The number of aryl methyl sites for hydroxylation is 2. The summed E-state index contributed by atoms with van der Waals surface area (Å²) < 4.78 is 12.9. The van der Waals surface area contributed by atoms with Gasteiger partial charge in [-0.3, -0.25) is 4.57 Å². The van der Waals surface area contributed by atoms with Gasteiger partial charge >= 0.3 is 21.1 Å². The maximum absolute atomic E-state index is 6.47. The predicted octanol–water partition coefficient (Wildman–Crippen LogP) is 9.91. The van der Waals surface area contributed by atoms with E-state index in [4.69, 9.17) is 4.74 Å². The van der Waals surface area contributed by atoms with Crippen molar-refractivity contribution in [3.63, 3.8) is 0 Å². The van der Waals surface area contributed by atoms with Crippen LogP contribution < -0.4 is 9.30 Å². The number of benzene rings is 6. The molecule has 6 aromatic carbocycles. The molecule has 5 heteroatoms. The van der Waals surface area contributed by atoms with Crippen LogP contribution >= 0.6 is 0 Å². The molecule has 0 fully saturated rings. The molecule has 0 radical (unpaired) electrons. The van der Waals surface area contributed by atoms with E-state index in [2.05, 4.69) is 159 Å². The zero-order valence-electron chi connectivity index (χ0n) is 27.5. The number of ether oxygens (including phenoxy) is 1. The van der Waals surface area contributed by atoms with Crippen molar-refractivity contribution in [2.75, 3.05) is 0 Å². The fraction of sp³-hybridized carbons (Fsp3) is 0.140. The van der Waals surface area contributed by atoms with Crippen molar-refractivity contribution in [1.82, 2.24) is 9.13 Å². The van der Waals surface area contributed by atoms with Crippen LogP contribution in [0.2, 0.25) is 0 Å². The summed E-state index contributed by atoms with van der Waals surface area (Å²) in [5.74, 6) is 1.22. The molecule has 0 bridgehead atoms. The summed E-state index contributed by atoms with van der Waals surface area (Å²) in [6, 6.07) is 50.4. The van der Waals surface area contributed by atoms with Crippen molar-refractivity contribution >= 4 is 32.8 Å². The maximum atomic E-state index is 6.47. The van der Waals surface area contributed by atoms with Crippen LogP contribution in [0.15, 0.2) is 115 Å². The number of para-hydroxylation sites is 3. The molecule has 0 spiro atoms. The van der Waals surface area contributed by atoms with E-state index in [1.165, 1.54) is 22.1 Å². The molecule has 4 nitrogen and oxygen atoms in total. The van der Waals surface area contributed by atoms with Crippen LogP contribution in [0.4, 0.5) is 0 Å². The van der Waals surface area contributed by atoms with E-state index in [0.29, 0.717) is 11.5 Å². The molecule has 0 amide bonds. The van der Waals surface area contributed by atoms with E-state index in [9.17, 15) is 0 Å². The van der Waals surface area contributed by atoms with Crippen molar-refractivity contribution in [2.24, 2.45) is 0 Å². The largest absolute Gasteiger partial charge is 4.00 e. The number of aromatic nitrogens is 3. The molecule has 0 aliphatic heterocycles. The van der Waals surface area contributed by atoms with Gasteiger partial charge in [0.25, 0.3) is 6.33 Å². The number of hydrogen-bond acceptors (Lipinski definition) is 1. The third kappa shape index (κ3) is 5.55. The second kappa shape index (κ2) is 12.3. The second-order valence-electron chi connectivity index (χ2n) is 13.2. The molecule has 0 N–H and O–H groups in total. The Bertz CT molecular complexity index is 2460. The van der Waals surface area contributed by atoms with Crippen LogP contribution in [-0.2, 0) is 26.5 Å². The molecule has 2 heterocycles. The van der Waals surface area contributed by atoms with Gasteiger partial charge < -0.3 is 13.9 Å². The van der Waals surface area contributed by atoms with Crippen LogP contribution in [0.1, 0.15) is 37.5 Å². The molecule has 0 aliphatic carbocycles. The first-order chi connectivity index (χ1) is 22.7. The molecule has 2 aromatic heterocycles. The van der Waals surface area contributed by atoms with Gasteiger partial charge in [-0.15, -0.1) is 35.7 Å². The molecule has 236 valence electrons. The van der Waals surface area contributed by atoms with Crippen molar-refractivity contribution in [1.29, 1.82) is 0 Å². The number of nitrogens with zero attached hydrogens (tertiary/aromatic N) is 3. The zero-order valence-corrected chi connectivity index (χ0v) is 29.8. The van der Waals surface area contributed by atoms with Gasteiger partial charge in [-0.05, 0) is 40.3 Å². The first kappa shape index (κ1) is 31.7. The van der Waals surface area contributed by atoms with E-state index in [-0.39, 0.29) is 26.5 Å². The SMILES string of the molecule is Cc1c[c-]c(-n2c3[c-]c(Oc4[c-]c(-n5[c-][n+](-c6cccc(C(C)(C)C)c6)c6ccccc65)ccc4)ccc3c3ccccc32)cc1C.[Pt+4]. The predicted molar refractivity (Wildman–Crippen MR) is 189 cm³/mol. The smallest absolute Gasteiger partial charge is 0.510 e. The first-order valence-corrected chi connectivity index (χ1v) is 16.0. The standard InChI is InChI=1S/C43H34N3O.Pt/c1-29-20-21-34(24-30(29)2)46-39-17-7-6-16-37(39)38-23-22-36(27-42(38)46)47-35-15-11-14-33(26-35)45-28-44(40-18-8-9-19-41(40)45)32-13-10-12-31(25-32)43(3,4)5;/h6-20,22-25H,1-5H3;/q-3;+4. The minimum Gasteiger partial charge on any atom is -0.510 e. The quantitative estimate of drug-likeness (QED) is 0.126. The van der Waals surface area contributed by atoms with Gasteiger partial charge in [-0.1, -0.05) is 100 Å². The Morgan fingerprint density at radius 3 is 2.23 bits per heavy atom.